The third-order valence-electron chi connectivity index (χ3n) is 4.31. The van der Waals surface area contributed by atoms with Crippen molar-refractivity contribution in [2.24, 2.45) is 0 Å². The minimum Gasteiger partial charge on any atom is -0.490 e. The smallest absolute Gasteiger partial charge is 0.254 e. The maximum atomic E-state index is 12.9. The Bertz CT molecular complexity index is 515. The van der Waals surface area contributed by atoms with E-state index in [1.165, 1.54) is 6.42 Å². The second-order valence-corrected chi connectivity index (χ2v) is 6.00. The van der Waals surface area contributed by atoms with Crippen LogP contribution in [-0.4, -0.2) is 36.6 Å². The summed E-state index contributed by atoms with van der Waals surface area (Å²) in [6, 6.07) is 5.91. The molecule has 1 saturated heterocycles. The summed E-state index contributed by atoms with van der Waals surface area (Å²) in [4.78, 5) is 14.9. The summed E-state index contributed by atoms with van der Waals surface area (Å²) < 4.78 is 11.4. The zero-order valence-electron chi connectivity index (χ0n) is 14.6. The molecule has 0 spiro atoms. The Morgan fingerprint density at radius 1 is 1.17 bits per heavy atom. The predicted octanol–water partition coefficient (Wildman–Crippen LogP) is 4.28. The maximum absolute atomic E-state index is 12.9. The van der Waals surface area contributed by atoms with Crippen molar-refractivity contribution in [1.29, 1.82) is 0 Å². The van der Waals surface area contributed by atoms with Gasteiger partial charge in [0.05, 0.1) is 13.2 Å². The lowest BCUT2D eigenvalue weighted by Crippen LogP contribution is -2.43. The van der Waals surface area contributed by atoms with E-state index in [0.717, 1.165) is 38.0 Å². The third-order valence-corrected chi connectivity index (χ3v) is 4.31. The molecule has 4 heteroatoms. The van der Waals surface area contributed by atoms with Gasteiger partial charge in [-0.05, 0) is 57.2 Å². The summed E-state index contributed by atoms with van der Waals surface area (Å²) in [5, 5.41) is 0. The number of rotatable bonds is 7. The van der Waals surface area contributed by atoms with Gasteiger partial charge in [0, 0.05) is 18.2 Å². The largest absolute Gasteiger partial charge is 0.490 e. The first kappa shape index (κ1) is 17.6. The van der Waals surface area contributed by atoms with Gasteiger partial charge in [0.25, 0.3) is 5.91 Å². The Labute approximate surface area is 139 Å². The van der Waals surface area contributed by atoms with E-state index in [2.05, 4.69) is 13.8 Å². The highest BCUT2D eigenvalue weighted by Crippen LogP contribution is 2.30. The number of amides is 1. The molecular formula is C19H29NO3. The molecule has 2 rings (SSSR count). The molecule has 1 aromatic carbocycles. The summed E-state index contributed by atoms with van der Waals surface area (Å²) in [6.45, 7) is 8.23. The van der Waals surface area contributed by atoms with Crippen molar-refractivity contribution >= 4 is 5.91 Å². The molecule has 0 bridgehead atoms. The molecule has 128 valence electrons. The monoisotopic (exact) mass is 319 g/mol. The number of likely N-dealkylation sites (tertiary alicyclic amines) is 1. The highest BCUT2D eigenvalue weighted by molar-refractivity contribution is 5.95. The molecule has 1 aliphatic rings. The van der Waals surface area contributed by atoms with Crippen molar-refractivity contribution < 1.29 is 14.3 Å². The van der Waals surface area contributed by atoms with Crippen LogP contribution in [0.15, 0.2) is 18.2 Å². The molecule has 0 aromatic heterocycles. The van der Waals surface area contributed by atoms with Crippen molar-refractivity contribution in [3.8, 4) is 11.5 Å². The number of hydrogen-bond donors (Lipinski definition) is 0. The summed E-state index contributed by atoms with van der Waals surface area (Å²) in [5.74, 6) is 1.49. The Balaban J connectivity index is 2.20. The van der Waals surface area contributed by atoms with Gasteiger partial charge in [-0.3, -0.25) is 4.79 Å². The van der Waals surface area contributed by atoms with Gasteiger partial charge in [0.2, 0.25) is 0 Å². The van der Waals surface area contributed by atoms with Crippen molar-refractivity contribution in [2.45, 2.75) is 58.9 Å². The SMILES string of the molecule is CCCOc1ccc(C(=O)N2CCCCC2CC)cc1OCC. The van der Waals surface area contributed by atoms with Crippen LogP contribution in [0, 0.1) is 0 Å². The molecule has 1 unspecified atom stereocenters. The van der Waals surface area contributed by atoms with Crippen LogP contribution in [0.2, 0.25) is 0 Å². The fourth-order valence-electron chi connectivity index (χ4n) is 3.10. The quantitative estimate of drug-likeness (QED) is 0.753. The molecule has 1 heterocycles. The van der Waals surface area contributed by atoms with Crippen LogP contribution >= 0.6 is 0 Å². The Hall–Kier alpha value is -1.71. The van der Waals surface area contributed by atoms with E-state index < -0.39 is 0 Å². The van der Waals surface area contributed by atoms with Crippen molar-refractivity contribution in [1.82, 2.24) is 4.90 Å². The molecule has 4 nitrogen and oxygen atoms in total. The lowest BCUT2D eigenvalue weighted by atomic mass is 9.99. The zero-order valence-corrected chi connectivity index (χ0v) is 14.6. The average molecular weight is 319 g/mol. The summed E-state index contributed by atoms with van der Waals surface area (Å²) in [7, 11) is 0. The maximum Gasteiger partial charge on any atom is 0.254 e. The van der Waals surface area contributed by atoms with Crippen molar-refractivity contribution in [2.75, 3.05) is 19.8 Å². The van der Waals surface area contributed by atoms with Gasteiger partial charge < -0.3 is 14.4 Å². The Morgan fingerprint density at radius 2 is 2.00 bits per heavy atom. The van der Waals surface area contributed by atoms with Gasteiger partial charge in [-0.2, -0.15) is 0 Å². The predicted molar refractivity (Wildman–Crippen MR) is 92.4 cm³/mol. The zero-order chi connectivity index (χ0) is 16.7. The van der Waals surface area contributed by atoms with Gasteiger partial charge in [0.1, 0.15) is 0 Å². The third kappa shape index (κ3) is 4.40. The number of carbonyl (C=O) groups excluding carboxylic acids is 1. The molecule has 0 radical (unpaired) electrons. The summed E-state index contributed by atoms with van der Waals surface area (Å²) in [5.41, 5.74) is 0.692. The van der Waals surface area contributed by atoms with Crippen LogP contribution in [0.5, 0.6) is 11.5 Å². The number of benzene rings is 1. The second kappa shape index (κ2) is 8.80. The Morgan fingerprint density at radius 3 is 2.70 bits per heavy atom. The first-order chi connectivity index (χ1) is 11.2. The molecule has 1 aliphatic heterocycles. The van der Waals surface area contributed by atoms with E-state index >= 15 is 0 Å². The Kier molecular flexibility index (Phi) is 6.75. The van der Waals surface area contributed by atoms with Crippen molar-refractivity contribution in [3.63, 3.8) is 0 Å². The minimum absolute atomic E-state index is 0.111. The van der Waals surface area contributed by atoms with Crippen LogP contribution in [0.3, 0.4) is 0 Å². The molecule has 1 amide bonds. The molecule has 0 saturated carbocycles. The molecule has 1 fully saturated rings. The number of hydrogen-bond acceptors (Lipinski definition) is 3. The van der Waals surface area contributed by atoms with Gasteiger partial charge in [0.15, 0.2) is 11.5 Å². The van der Waals surface area contributed by atoms with Gasteiger partial charge >= 0.3 is 0 Å². The van der Waals surface area contributed by atoms with Crippen LogP contribution in [0.4, 0.5) is 0 Å². The van der Waals surface area contributed by atoms with E-state index in [9.17, 15) is 4.79 Å². The average Bonchev–Trinajstić information content (AvgIpc) is 2.60. The lowest BCUT2D eigenvalue weighted by molar-refractivity contribution is 0.0607. The van der Waals surface area contributed by atoms with E-state index in [4.69, 9.17) is 9.47 Å². The highest BCUT2D eigenvalue weighted by Gasteiger charge is 2.26. The van der Waals surface area contributed by atoms with Crippen LogP contribution in [0.25, 0.3) is 0 Å². The molecule has 0 aliphatic carbocycles. The molecular weight excluding hydrogens is 290 g/mol. The first-order valence-electron chi connectivity index (χ1n) is 8.91. The molecule has 0 N–H and O–H groups in total. The first-order valence-corrected chi connectivity index (χ1v) is 8.91. The van der Waals surface area contributed by atoms with Crippen LogP contribution < -0.4 is 9.47 Å². The summed E-state index contributed by atoms with van der Waals surface area (Å²) >= 11 is 0. The van der Waals surface area contributed by atoms with Gasteiger partial charge in [-0.15, -0.1) is 0 Å². The van der Waals surface area contributed by atoms with Gasteiger partial charge in [-0.25, -0.2) is 0 Å². The van der Waals surface area contributed by atoms with E-state index in [1.807, 2.05) is 30.0 Å². The molecule has 1 atom stereocenters. The normalized spacial score (nSPS) is 17.9. The van der Waals surface area contributed by atoms with Gasteiger partial charge in [-0.1, -0.05) is 13.8 Å². The number of piperidine rings is 1. The molecule has 1 aromatic rings. The topological polar surface area (TPSA) is 38.8 Å². The summed E-state index contributed by atoms with van der Waals surface area (Å²) in [6.07, 6.45) is 5.38. The van der Waals surface area contributed by atoms with Crippen LogP contribution in [0.1, 0.15) is 63.2 Å². The standard InChI is InChI=1S/C19H29NO3/c1-4-13-23-17-11-10-15(14-18(17)22-6-3)19(21)20-12-8-7-9-16(20)5-2/h10-11,14,16H,4-9,12-13H2,1-3H3. The fourth-order valence-corrected chi connectivity index (χ4v) is 3.10. The van der Waals surface area contributed by atoms with E-state index in [1.54, 1.807) is 0 Å². The minimum atomic E-state index is 0.111. The lowest BCUT2D eigenvalue weighted by Gasteiger charge is -2.35. The molecule has 23 heavy (non-hydrogen) atoms. The van der Waals surface area contributed by atoms with Crippen LogP contribution in [-0.2, 0) is 0 Å². The second-order valence-electron chi connectivity index (χ2n) is 6.00. The van der Waals surface area contributed by atoms with Crippen molar-refractivity contribution in [3.05, 3.63) is 23.8 Å². The number of ether oxygens (including phenoxy) is 2. The fraction of sp³-hybridized carbons (Fsp3) is 0.632. The number of nitrogens with zero attached hydrogens (tertiary/aromatic N) is 1. The highest BCUT2D eigenvalue weighted by atomic mass is 16.5. The number of carbonyl (C=O) groups is 1. The van der Waals surface area contributed by atoms with E-state index in [-0.39, 0.29) is 5.91 Å². The van der Waals surface area contributed by atoms with E-state index in [0.29, 0.717) is 30.6 Å².